The van der Waals surface area contributed by atoms with E-state index >= 15 is 0 Å². The summed E-state index contributed by atoms with van der Waals surface area (Å²) in [5.41, 5.74) is 9.89. The second-order valence-corrected chi connectivity index (χ2v) is 13.1. The average molecular weight is 622 g/mol. The number of amidine groups is 2. The second-order valence-electron chi connectivity index (χ2n) is 12.2. The van der Waals surface area contributed by atoms with E-state index in [4.69, 9.17) is 14.7 Å². The van der Waals surface area contributed by atoms with Gasteiger partial charge in [-0.15, -0.1) is 11.3 Å². The smallest absolute Gasteiger partial charge is 0.169 e. The Morgan fingerprint density at radius 1 is 0.574 bits per heavy atom. The summed E-state index contributed by atoms with van der Waals surface area (Å²) in [4.78, 5) is 10.5. The Labute approximate surface area is 276 Å². The quantitative estimate of drug-likeness (QED) is 0.213. The Kier molecular flexibility index (Phi) is 5.69. The van der Waals surface area contributed by atoms with Crippen molar-refractivity contribution in [2.45, 2.75) is 11.6 Å². The van der Waals surface area contributed by atoms with E-state index in [1.165, 1.54) is 32.3 Å². The topological polar surface area (TPSA) is 46.0 Å². The van der Waals surface area contributed by atoms with Crippen LogP contribution in [0, 0.1) is 0 Å². The monoisotopic (exact) mass is 621 g/mol. The molecule has 222 valence electrons. The van der Waals surface area contributed by atoms with Crippen molar-refractivity contribution in [3.05, 3.63) is 190 Å². The van der Waals surface area contributed by atoms with Crippen LogP contribution >= 0.6 is 11.3 Å². The minimum Gasteiger partial charge on any atom is -0.457 e. The molecule has 0 saturated heterocycles. The Bertz CT molecular complexity index is 2330. The third kappa shape index (κ3) is 3.81. The number of aliphatic imine (C=N–C) groups is 2. The molecule has 0 saturated carbocycles. The zero-order valence-electron chi connectivity index (χ0n) is 25.2. The van der Waals surface area contributed by atoms with Crippen LogP contribution in [0.2, 0.25) is 0 Å². The maximum absolute atomic E-state index is 6.59. The van der Waals surface area contributed by atoms with Gasteiger partial charge in [0.25, 0.3) is 0 Å². The van der Waals surface area contributed by atoms with Crippen LogP contribution in [-0.4, -0.2) is 11.7 Å². The van der Waals surface area contributed by atoms with E-state index in [9.17, 15) is 0 Å². The molecule has 0 radical (unpaired) electrons. The van der Waals surface area contributed by atoms with Crippen molar-refractivity contribution in [1.29, 1.82) is 0 Å². The third-order valence-electron chi connectivity index (χ3n) is 9.69. The van der Waals surface area contributed by atoms with Gasteiger partial charge < -0.3 is 10.1 Å². The first kappa shape index (κ1) is 26.4. The van der Waals surface area contributed by atoms with Gasteiger partial charge in [-0.2, -0.15) is 0 Å². The molecule has 0 atom stereocenters. The number of hydrogen-bond acceptors (Lipinski definition) is 5. The fourth-order valence-corrected chi connectivity index (χ4v) is 8.50. The number of benzene rings is 6. The van der Waals surface area contributed by atoms with Gasteiger partial charge in [0.15, 0.2) is 6.17 Å². The standard InChI is InChI=1S/C42H27N3OS/c1-3-11-26(12-4-1)39-43-40(27-13-5-2-6-14-27)45-41(44-39)28-19-20-29-34(25-28)42(33-21-22-37-30(38(29)33)23-24-47-37)31-15-7-9-17-35(31)46-36-18-10-8-16-32(36)42/h1-25,41H,(H,43,44,45). The molecule has 47 heavy (non-hydrogen) atoms. The van der Waals surface area contributed by atoms with Gasteiger partial charge in [0.2, 0.25) is 0 Å². The lowest BCUT2D eigenvalue weighted by molar-refractivity contribution is 0.436. The highest BCUT2D eigenvalue weighted by molar-refractivity contribution is 7.17. The Morgan fingerprint density at radius 2 is 1.19 bits per heavy atom. The molecule has 2 aliphatic heterocycles. The highest BCUT2D eigenvalue weighted by Gasteiger charge is 2.51. The summed E-state index contributed by atoms with van der Waals surface area (Å²) < 4.78 is 7.88. The molecule has 1 aromatic heterocycles. The van der Waals surface area contributed by atoms with Gasteiger partial charge in [-0.25, -0.2) is 9.98 Å². The Balaban J connectivity index is 1.26. The molecule has 0 amide bonds. The van der Waals surface area contributed by atoms with E-state index in [0.717, 1.165) is 51.0 Å². The highest BCUT2D eigenvalue weighted by Crippen LogP contribution is 2.63. The summed E-state index contributed by atoms with van der Waals surface area (Å²) in [6, 6.07) is 51.4. The van der Waals surface area contributed by atoms with Crippen molar-refractivity contribution in [2.24, 2.45) is 9.98 Å². The summed E-state index contributed by atoms with van der Waals surface area (Å²) in [6.07, 6.45) is -0.431. The first-order valence-corrected chi connectivity index (χ1v) is 16.7. The average Bonchev–Trinajstić information content (AvgIpc) is 3.74. The van der Waals surface area contributed by atoms with Crippen LogP contribution in [0.1, 0.15) is 45.1 Å². The number of para-hydroxylation sites is 2. The SMILES string of the molecule is c1ccc(C2=NC(c3ccc4c(c3)C3(c5ccccc5Oc5ccccc53)c3ccc5sccc5c3-4)N=C(c3ccccc3)N2)cc1. The van der Waals surface area contributed by atoms with Crippen LogP contribution in [0.25, 0.3) is 21.2 Å². The minimum absolute atomic E-state index is 0.431. The maximum Gasteiger partial charge on any atom is 0.169 e. The van der Waals surface area contributed by atoms with E-state index in [2.05, 4.69) is 120 Å². The molecule has 5 heteroatoms. The highest BCUT2D eigenvalue weighted by atomic mass is 32.1. The van der Waals surface area contributed by atoms with E-state index in [1.54, 1.807) is 11.3 Å². The molecule has 6 aromatic carbocycles. The molecule has 10 rings (SSSR count). The van der Waals surface area contributed by atoms with Crippen LogP contribution in [0.4, 0.5) is 0 Å². The largest absolute Gasteiger partial charge is 0.457 e. The van der Waals surface area contributed by atoms with Gasteiger partial charge in [-0.1, -0.05) is 115 Å². The van der Waals surface area contributed by atoms with Crippen LogP contribution in [-0.2, 0) is 5.41 Å². The number of fused-ring (bicyclic) bond motifs is 11. The van der Waals surface area contributed by atoms with Crippen molar-refractivity contribution in [3.63, 3.8) is 0 Å². The van der Waals surface area contributed by atoms with Crippen LogP contribution < -0.4 is 10.1 Å². The van der Waals surface area contributed by atoms with Crippen molar-refractivity contribution >= 4 is 33.1 Å². The molecule has 7 aromatic rings. The molecule has 1 N–H and O–H groups in total. The van der Waals surface area contributed by atoms with Gasteiger partial charge in [0.1, 0.15) is 23.2 Å². The lowest BCUT2D eigenvalue weighted by atomic mass is 9.66. The number of thiophene rings is 1. The van der Waals surface area contributed by atoms with Crippen LogP contribution in [0.15, 0.2) is 161 Å². The molecule has 4 nitrogen and oxygen atoms in total. The van der Waals surface area contributed by atoms with Crippen molar-refractivity contribution < 1.29 is 4.74 Å². The third-order valence-corrected chi connectivity index (χ3v) is 10.6. The fourth-order valence-electron chi connectivity index (χ4n) is 7.70. The van der Waals surface area contributed by atoms with Crippen molar-refractivity contribution in [2.75, 3.05) is 0 Å². The van der Waals surface area contributed by atoms with E-state index < -0.39 is 11.6 Å². The fraction of sp³-hybridized carbons (Fsp3) is 0.0476. The van der Waals surface area contributed by atoms with Gasteiger partial charge in [0, 0.05) is 32.3 Å². The zero-order valence-corrected chi connectivity index (χ0v) is 26.0. The lowest BCUT2D eigenvalue weighted by Crippen LogP contribution is -2.36. The maximum atomic E-state index is 6.59. The van der Waals surface area contributed by atoms with E-state index in [0.29, 0.717) is 0 Å². The summed E-state index contributed by atoms with van der Waals surface area (Å²) in [6.45, 7) is 0. The van der Waals surface area contributed by atoms with Crippen molar-refractivity contribution in [1.82, 2.24) is 5.32 Å². The molecular formula is C42H27N3OS. The predicted octanol–water partition coefficient (Wildman–Crippen LogP) is 9.87. The summed E-state index contributed by atoms with van der Waals surface area (Å²) in [5.74, 6) is 3.39. The number of ether oxygens (including phenoxy) is 1. The second kappa shape index (κ2) is 10.1. The first-order chi connectivity index (χ1) is 23.3. The summed E-state index contributed by atoms with van der Waals surface area (Å²) in [5, 5.41) is 7.02. The Morgan fingerprint density at radius 3 is 1.85 bits per heavy atom. The van der Waals surface area contributed by atoms with Crippen molar-refractivity contribution in [3.8, 4) is 22.6 Å². The molecule has 3 heterocycles. The van der Waals surface area contributed by atoms with E-state index in [-0.39, 0.29) is 0 Å². The van der Waals surface area contributed by atoms with Crippen LogP contribution in [0.3, 0.4) is 0 Å². The summed E-state index contributed by atoms with van der Waals surface area (Å²) >= 11 is 1.79. The van der Waals surface area contributed by atoms with Gasteiger partial charge in [-0.05, 0) is 63.5 Å². The number of hydrogen-bond donors (Lipinski definition) is 1. The molecule has 0 unspecified atom stereocenters. The normalized spacial score (nSPS) is 15.5. The number of nitrogens with one attached hydrogen (secondary N) is 1. The molecule has 1 spiro atoms. The molecule has 3 aliphatic rings. The summed E-state index contributed by atoms with van der Waals surface area (Å²) in [7, 11) is 0. The van der Waals surface area contributed by atoms with Gasteiger partial charge >= 0.3 is 0 Å². The first-order valence-electron chi connectivity index (χ1n) is 15.8. The lowest BCUT2D eigenvalue weighted by Gasteiger charge is -2.39. The minimum atomic E-state index is -0.562. The van der Waals surface area contributed by atoms with Gasteiger partial charge in [0.05, 0.1) is 5.41 Å². The predicted molar refractivity (Wildman–Crippen MR) is 191 cm³/mol. The van der Waals surface area contributed by atoms with Gasteiger partial charge in [-0.3, -0.25) is 0 Å². The molecule has 0 fully saturated rings. The van der Waals surface area contributed by atoms with E-state index in [1.807, 2.05) is 36.4 Å². The molecule has 0 bridgehead atoms. The number of nitrogens with zero attached hydrogens (tertiary/aromatic N) is 2. The molecular weight excluding hydrogens is 595 g/mol. The number of rotatable bonds is 3. The molecule has 1 aliphatic carbocycles. The van der Waals surface area contributed by atoms with Crippen LogP contribution in [0.5, 0.6) is 11.5 Å². The Hall–Kier alpha value is -5.78. The zero-order chi connectivity index (χ0) is 31.0.